The Hall–Kier alpha value is -2.27. The maximum absolute atomic E-state index is 13.3. The summed E-state index contributed by atoms with van der Waals surface area (Å²) in [6.45, 7) is 0. The van der Waals surface area contributed by atoms with E-state index < -0.39 is 11.7 Å². The zero-order valence-electron chi connectivity index (χ0n) is 10.6. The van der Waals surface area contributed by atoms with E-state index in [9.17, 15) is 9.18 Å². The zero-order chi connectivity index (χ0) is 14.7. The molecule has 0 aliphatic rings. The van der Waals surface area contributed by atoms with E-state index in [1.54, 1.807) is 6.07 Å². The van der Waals surface area contributed by atoms with Crippen molar-refractivity contribution in [3.8, 4) is 5.75 Å². The summed E-state index contributed by atoms with van der Waals surface area (Å²) in [6.07, 6.45) is 0. The van der Waals surface area contributed by atoms with Crippen molar-refractivity contribution in [1.29, 1.82) is 0 Å². The number of carbonyl (C=O) groups excluding carboxylic acids is 1. The number of nitrogen functional groups attached to an aromatic ring is 1. The number of nitrogens with one attached hydrogen (secondary N) is 1. The molecule has 2 rings (SSSR count). The first-order valence-corrected chi connectivity index (χ1v) is 6.09. The van der Waals surface area contributed by atoms with Gasteiger partial charge in [-0.05, 0) is 30.3 Å². The van der Waals surface area contributed by atoms with Gasteiger partial charge in [0, 0.05) is 17.4 Å². The lowest BCUT2D eigenvalue weighted by Crippen LogP contribution is -2.12. The van der Waals surface area contributed by atoms with Crippen LogP contribution in [-0.2, 0) is 0 Å². The Balaban J connectivity index is 2.23. The fraction of sp³-hybridized carbons (Fsp3) is 0.0714. The second-order valence-corrected chi connectivity index (χ2v) is 4.45. The fourth-order valence-corrected chi connectivity index (χ4v) is 1.93. The third-order valence-electron chi connectivity index (χ3n) is 2.65. The molecule has 0 atom stereocenters. The zero-order valence-corrected chi connectivity index (χ0v) is 11.4. The van der Waals surface area contributed by atoms with Crippen LogP contribution in [0.1, 0.15) is 10.4 Å². The maximum atomic E-state index is 13.3. The number of nitrogens with two attached hydrogens (primary N) is 1. The van der Waals surface area contributed by atoms with Gasteiger partial charge in [-0.2, -0.15) is 0 Å². The van der Waals surface area contributed by atoms with Gasteiger partial charge in [0.1, 0.15) is 0 Å². The van der Waals surface area contributed by atoms with E-state index in [4.69, 9.17) is 22.1 Å². The standard InChI is InChI=1S/C14H12ClFN2O2/c1-20-13-7-9(3-5-12(13)16)18-14(19)10-4-2-8(17)6-11(10)15/h2-7H,17H2,1H3,(H,18,19). The predicted octanol–water partition coefficient (Wildman–Crippen LogP) is 3.32. The average Bonchev–Trinajstić information content (AvgIpc) is 2.40. The molecule has 3 N–H and O–H groups in total. The number of ether oxygens (including phenoxy) is 1. The number of rotatable bonds is 3. The number of halogens is 2. The van der Waals surface area contributed by atoms with Crippen molar-refractivity contribution in [2.24, 2.45) is 0 Å². The minimum atomic E-state index is -0.504. The van der Waals surface area contributed by atoms with E-state index >= 15 is 0 Å². The van der Waals surface area contributed by atoms with E-state index in [-0.39, 0.29) is 16.3 Å². The number of amides is 1. The highest BCUT2D eigenvalue weighted by atomic mass is 35.5. The summed E-state index contributed by atoms with van der Waals surface area (Å²) in [5.41, 5.74) is 6.71. The van der Waals surface area contributed by atoms with Gasteiger partial charge >= 0.3 is 0 Å². The molecule has 0 aliphatic heterocycles. The van der Waals surface area contributed by atoms with Crippen molar-refractivity contribution in [2.75, 3.05) is 18.2 Å². The Bertz CT molecular complexity index is 662. The van der Waals surface area contributed by atoms with Crippen molar-refractivity contribution < 1.29 is 13.9 Å². The highest BCUT2D eigenvalue weighted by molar-refractivity contribution is 6.34. The summed E-state index contributed by atoms with van der Waals surface area (Å²) in [5, 5.41) is 2.86. The summed E-state index contributed by atoms with van der Waals surface area (Å²) in [4.78, 5) is 12.1. The van der Waals surface area contributed by atoms with Crippen molar-refractivity contribution in [3.05, 3.63) is 52.8 Å². The normalized spacial score (nSPS) is 10.2. The minimum Gasteiger partial charge on any atom is -0.494 e. The van der Waals surface area contributed by atoms with Crippen molar-refractivity contribution in [3.63, 3.8) is 0 Å². The van der Waals surface area contributed by atoms with Crippen LogP contribution in [0.3, 0.4) is 0 Å². The quantitative estimate of drug-likeness (QED) is 0.854. The summed E-state index contributed by atoms with van der Waals surface area (Å²) in [7, 11) is 1.35. The van der Waals surface area contributed by atoms with E-state index in [0.29, 0.717) is 11.4 Å². The Labute approximate surface area is 120 Å². The van der Waals surface area contributed by atoms with E-state index in [2.05, 4.69) is 5.32 Å². The number of hydrogen-bond donors (Lipinski definition) is 2. The second kappa shape index (κ2) is 5.79. The lowest BCUT2D eigenvalue weighted by molar-refractivity contribution is 0.102. The molecule has 2 aromatic rings. The van der Waals surface area contributed by atoms with Crippen molar-refractivity contribution in [2.45, 2.75) is 0 Å². The van der Waals surface area contributed by atoms with Crippen LogP contribution in [-0.4, -0.2) is 13.0 Å². The number of methoxy groups -OCH3 is 1. The van der Waals surface area contributed by atoms with Gasteiger partial charge in [0.05, 0.1) is 17.7 Å². The van der Waals surface area contributed by atoms with Gasteiger partial charge in [-0.15, -0.1) is 0 Å². The third-order valence-corrected chi connectivity index (χ3v) is 2.96. The Morgan fingerprint density at radius 1 is 1.30 bits per heavy atom. The van der Waals surface area contributed by atoms with Crippen LogP contribution < -0.4 is 15.8 Å². The lowest BCUT2D eigenvalue weighted by atomic mass is 10.2. The highest BCUT2D eigenvalue weighted by Crippen LogP contribution is 2.24. The number of hydrogen-bond acceptors (Lipinski definition) is 3. The van der Waals surface area contributed by atoms with Crippen LogP contribution >= 0.6 is 11.6 Å². The van der Waals surface area contributed by atoms with E-state index in [1.165, 1.54) is 37.4 Å². The van der Waals surface area contributed by atoms with Crippen LogP contribution in [0.4, 0.5) is 15.8 Å². The first-order chi connectivity index (χ1) is 9.51. The molecule has 1 amide bonds. The summed E-state index contributed by atoms with van der Waals surface area (Å²) >= 11 is 5.95. The van der Waals surface area contributed by atoms with Gasteiger partial charge in [0.15, 0.2) is 11.6 Å². The summed E-state index contributed by atoms with van der Waals surface area (Å²) in [5.74, 6) is -0.870. The van der Waals surface area contributed by atoms with E-state index in [0.717, 1.165) is 0 Å². The van der Waals surface area contributed by atoms with Crippen LogP contribution in [0.2, 0.25) is 5.02 Å². The predicted molar refractivity (Wildman–Crippen MR) is 76.8 cm³/mol. The van der Waals surface area contributed by atoms with Crippen LogP contribution in [0.5, 0.6) is 5.75 Å². The third kappa shape index (κ3) is 3.00. The molecule has 0 bridgehead atoms. The highest BCUT2D eigenvalue weighted by Gasteiger charge is 2.12. The molecule has 0 aliphatic carbocycles. The molecule has 0 saturated heterocycles. The SMILES string of the molecule is COc1cc(NC(=O)c2ccc(N)cc2Cl)ccc1F. The monoisotopic (exact) mass is 294 g/mol. The van der Waals surface area contributed by atoms with Crippen molar-refractivity contribution in [1.82, 2.24) is 0 Å². The topological polar surface area (TPSA) is 64.3 Å². The molecule has 2 aromatic carbocycles. The summed E-state index contributed by atoms with van der Waals surface area (Å²) in [6, 6.07) is 8.61. The average molecular weight is 295 g/mol. The Morgan fingerprint density at radius 2 is 2.05 bits per heavy atom. The molecule has 0 radical (unpaired) electrons. The Kier molecular flexibility index (Phi) is 4.10. The molecular formula is C14H12ClFN2O2. The minimum absolute atomic E-state index is 0.0474. The molecule has 0 saturated carbocycles. The second-order valence-electron chi connectivity index (χ2n) is 4.04. The molecule has 0 fully saturated rings. The van der Waals surface area contributed by atoms with Gasteiger partial charge in [0.25, 0.3) is 5.91 Å². The van der Waals surface area contributed by atoms with Crippen molar-refractivity contribution >= 4 is 28.9 Å². The molecule has 104 valence electrons. The molecule has 0 unspecified atom stereocenters. The molecule has 4 nitrogen and oxygen atoms in total. The smallest absolute Gasteiger partial charge is 0.257 e. The molecule has 0 spiro atoms. The first-order valence-electron chi connectivity index (χ1n) is 5.71. The van der Waals surface area contributed by atoms with Gasteiger partial charge in [-0.25, -0.2) is 4.39 Å². The first kappa shape index (κ1) is 14.1. The van der Waals surface area contributed by atoms with Crippen LogP contribution in [0, 0.1) is 5.82 Å². The lowest BCUT2D eigenvalue weighted by Gasteiger charge is -2.09. The maximum Gasteiger partial charge on any atom is 0.257 e. The van der Waals surface area contributed by atoms with Crippen LogP contribution in [0.15, 0.2) is 36.4 Å². The molecule has 0 aromatic heterocycles. The van der Waals surface area contributed by atoms with Gasteiger partial charge in [-0.1, -0.05) is 11.6 Å². The molecule has 6 heteroatoms. The number of carbonyl (C=O) groups is 1. The number of anilines is 2. The van der Waals surface area contributed by atoms with Gasteiger partial charge in [-0.3, -0.25) is 4.79 Å². The largest absolute Gasteiger partial charge is 0.494 e. The summed E-state index contributed by atoms with van der Waals surface area (Å²) < 4.78 is 18.1. The molecule has 0 heterocycles. The fourth-order valence-electron chi connectivity index (χ4n) is 1.65. The van der Waals surface area contributed by atoms with Crippen LogP contribution in [0.25, 0.3) is 0 Å². The number of benzene rings is 2. The molecule has 20 heavy (non-hydrogen) atoms. The van der Waals surface area contributed by atoms with E-state index in [1.807, 2.05) is 0 Å². The van der Waals surface area contributed by atoms with Gasteiger partial charge in [0.2, 0.25) is 0 Å². The van der Waals surface area contributed by atoms with Gasteiger partial charge < -0.3 is 15.8 Å². The Morgan fingerprint density at radius 3 is 2.70 bits per heavy atom. The molecular weight excluding hydrogens is 283 g/mol.